The van der Waals surface area contributed by atoms with Crippen LogP contribution in [0.3, 0.4) is 0 Å². The fourth-order valence-corrected chi connectivity index (χ4v) is 2.54. The molecule has 0 fully saturated rings. The summed E-state index contributed by atoms with van der Waals surface area (Å²) >= 11 is 0. The Kier molecular flexibility index (Phi) is 3.88. The second-order valence-electron chi connectivity index (χ2n) is 5.15. The highest BCUT2D eigenvalue weighted by molar-refractivity contribution is 5.68. The number of hydrogen-bond acceptors (Lipinski definition) is 3. The molecular weight excluding hydrogens is 272 g/mol. The van der Waals surface area contributed by atoms with Gasteiger partial charge in [0.25, 0.3) is 0 Å². The van der Waals surface area contributed by atoms with Crippen molar-refractivity contribution >= 4 is 5.97 Å². The van der Waals surface area contributed by atoms with Gasteiger partial charge in [0.15, 0.2) is 5.69 Å². The Labute approximate surface area is 122 Å². The lowest BCUT2D eigenvalue weighted by Crippen LogP contribution is -2.37. The summed E-state index contributed by atoms with van der Waals surface area (Å²) in [7, 11) is 1.78. The van der Waals surface area contributed by atoms with Crippen molar-refractivity contribution in [2.45, 2.75) is 26.2 Å². The highest BCUT2D eigenvalue weighted by Gasteiger charge is 2.34. The Hall–Kier alpha value is -2.50. The number of aromatic hydroxyl groups is 1. The van der Waals surface area contributed by atoms with E-state index in [4.69, 9.17) is 0 Å². The minimum absolute atomic E-state index is 0.0648. The molecule has 0 aliphatic rings. The summed E-state index contributed by atoms with van der Waals surface area (Å²) in [6, 6.07) is 6.44. The van der Waals surface area contributed by atoms with Crippen molar-refractivity contribution in [3.63, 3.8) is 0 Å². The number of carboxylic acid groups (broad SMARTS) is 1. The normalized spacial score (nSPS) is 12.3. The molecule has 6 nitrogen and oxygen atoms in total. The molecule has 1 heterocycles. The largest absolute Gasteiger partial charge is 0.508 e. The first kappa shape index (κ1) is 14.9. The number of aromatic nitrogens is 2. The zero-order chi connectivity index (χ0) is 15.7. The molecule has 21 heavy (non-hydrogen) atoms. The van der Waals surface area contributed by atoms with Crippen LogP contribution in [0.15, 0.2) is 24.3 Å². The summed E-state index contributed by atoms with van der Waals surface area (Å²) in [6.07, 6.45) is -0.180. The van der Waals surface area contributed by atoms with Crippen LogP contribution in [0, 0.1) is 13.8 Å². The van der Waals surface area contributed by atoms with Crippen molar-refractivity contribution in [2.24, 2.45) is 7.05 Å². The number of phenols is 1. The van der Waals surface area contributed by atoms with Crippen molar-refractivity contribution < 1.29 is 24.8 Å². The van der Waals surface area contributed by atoms with E-state index < -0.39 is 11.9 Å². The Morgan fingerprint density at radius 2 is 2.05 bits per heavy atom. The Bertz CT molecular complexity index is 666. The molecule has 0 saturated heterocycles. The van der Waals surface area contributed by atoms with E-state index in [1.54, 1.807) is 30.7 Å². The summed E-state index contributed by atoms with van der Waals surface area (Å²) in [6.45, 7) is 3.62. The maximum absolute atomic E-state index is 11.2. The molecular formula is C15H19N2O4+. The predicted octanol–water partition coefficient (Wildman–Crippen LogP) is 1.48. The average molecular weight is 291 g/mol. The van der Waals surface area contributed by atoms with E-state index in [2.05, 4.69) is 0 Å². The van der Waals surface area contributed by atoms with E-state index in [9.17, 15) is 20.2 Å². The molecule has 0 spiro atoms. The zero-order valence-corrected chi connectivity index (χ0v) is 12.2. The topological polar surface area (TPSA) is 86.6 Å². The van der Waals surface area contributed by atoms with E-state index in [1.807, 2.05) is 6.92 Å². The van der Waals surface area contributed by atoms with E-state index >= 15 is 0 Å². The molecule has 0 amide bonds. The molecule has 0 aliphatic heterocycles. The van der Waals surface area contributed by atoms with Crippen molar-refractivity contribution in [1.29, 1.82) is 0 Å². The van der Waals surface area contributed by atoms with E-state index in [0.717, 1.165) is 10.4 Å². The van der Waals surface area contributed by atoms with Crippen LogP contribution in [0.25, 0.3) is 0 Å². The number of carboxylic acids is 1. The fraction of sp³-hybridized carbons (Fsp3) is 0.333. The molecule has 0 aliphatic carbocycles. The van der Waals surface area contributed by atoms with Crippen molar-refractivity contribution in [1.82, 2.24) is 4.73 Å². The third-order valence-corrected chi connectivity index (χ3v) is 3.87. The van der Waals surface area contributed by atoms with E-state index in [-0.39, 0.29) is 12.2 Å². The molecule has 0 saturated carbocycles. The van der Waals surface area contributed by atoms with Gasteiger partial charge < -0.3 is 15.4 Å². The number of aliphatic carboxylic acids is 1. The SMILES string of the molecule is Cc1c(C)[n+](C)c(C(CC(=O)O)c2cccc(O)c2)n1O. The van der Waals surface area contributed by atoms with Crippen LogP contribution >= 0.6 is 0 Å². The quantitative estimate of drug-likeness (QED) is 0.588. The molecule has 0 radical (unpaired) electrons. The van der Waals surface area contributed by atoms with Crippen LogP contribution in [-0.4, -0.2) is 26.1 Å². The Morgan fingerprint density at radius 1 is 1.38 bits per heavy atom. The first-order valence-corrected chi connectivity index (χ1v) is 6.60. The van der Waals surface area contributed by atoms with Crippen LogP contribution < -0.4 is 4.57 Å². The molecule has 0 bridgehead atoms. The lowest BCUT2D eigenvalue weighted by molar-refractivity contribution is -0.686. The number of benzene rings is 1. The molecule has 1 aromatic heterocycles. The number of imidazole rings is 1. The van der Waals surface area contributed by atoms with E-state index in [1.165, 1.54) is 12.1 Å². The van der Waals surface area contributed by atoms with Gasteiger partial charge in [-0.2, -0.15) is 0 Å². The molecule has 6 heteroatoms. The van der Waals surface area contributed by atoms with Gasteiger partial charge in [-0.3, -0.25) is 4.79 Å². The van der Waals surface area contributed by atoms with Crippen LogP contribution in [-0.2, 0) is 11.8 Å². The first-order chi connectivity index (χ1) is 9.82. The third-order valence-electron chi connectivity index (χ3n) is 3.87. The van der Waals surface area contributed by atoms with E-state index in [0.29, 0.717) is 17.1 Å². The molecule has 1 atom stereocenters. The van der Waals surface area contributed by atoms with Crippen LogP contribution in [0.4, 0.5) is 0 Å². The van der Waals surface area contributed by atoms with Gasteiger partial charge in [0.2, 0.25) is 0 Å². The number of nitrogens with zero attached hydrogens (tertiary/aromatic N) is 2. The summed E-state index contributed by atoms with van der Waals surface area (Å²) in [5.41, 5.74) is 2.15. The van der Waals surface area contributed by atoms with Gasteiger partial charge in [0.1, 0.15) is 11.4 Å². The van der Waals surface area contributed by atoms with Gasteiger partial charge in [0.05, 0.1) is 19.4 Å². The second kappa shape index (κ2) is 5.47. The fourth-order valence-electron chi connectivity index (χ4n) is 2.54. The zero-order valence-electron chi connectivity index (χ0n) is 12.2. The molecule has 2 rings (SSSR count). The number of rotatable bonds is 4. The van der Waals surface area contributed by atoms with Crippen molar-refractivity contribution in [3.05, 3.63) is 47.0 Å². The van der Waals surface area contributed by atoms with Crippen LogP contribution in [0.2, 0.25) is 0 Å². The summed E-state index contributed by atoms with van der Waals surface area (Å²) < 4.78 is 2.79. The Morgan fingerprint density at radius 3 is 2.52 bits per heavy atom. The van der Waals surface area contributed by atoms with Gasteiger partial charge in [-0.15, -0.1) is 0 Å². The molecule has 1 aromatic carbocycles. The maximum Gasteiger partial charge on any atom is 0.304 e. The molecule has 2 aromatic rings. The average Bonchev–Trinajstić information content (AvgIpc) is 2.61. The highest BCUT2D eigenvalue weighted by Crippen LogP contribution is 2.29. The monoisotopic (exact) mass is 291 g/mol. The van der Waals surface area contributed by atoms with Gasteiger partial charge in [0, 0.05) is 13.8 Å². The van der Waals surface area contributed by atoms with Crippen molar-refractivity contribution in [3.8, 4) is 5.75 Å². The predicted molar refractivity (Wildman–Crippen MR) is 74.5 cm³/mol. The molecule has 3 N–H and O–H groups in total. The molecule has 1 unspecified atom stereocenters. The van der Waals surface area contributed by atoms with Crippen LogP contribution in [0.1, 0.15) is 35.1 Å². The Balaban J connectivity index is 2.62. The summed E-state index contributed by atoms with van der Waals surface area (Å²) in [5.74, 6) is -0.995. The highest BCUT2D eigenvalue weighted by atomic mass is 16.5. The number of phenolic OH excluding ortho intramolecular Hbond substituents is 1. The van der Waals surface area contributed by atoms with Crippen molar-refractivity contribution in [2.75, 3.05) is 0 Å². The summed E-state index contributed by atoms with van der Waals surface area (Å²) in [5, 5.41) is 29.0. The number of carbonyl (C=O) groups is 1. The minimum atomic E-state index is -0.972. The lowest BCUT2D eigenvalue weighted by atomic mass is 9.94. The first-order valence-electron chi connectivity index (χ1n) is 6.60. The second-order valence-corrected chi connectivity index (χ2v) is 5.15. The lowest BCUT2D eigenvalue weighted by Gasteiger charge is -2.12. The summed E-state index contributed by atoms with van der Waals surface area (Å²) in [4.78, 5) is 11.2. The van der Waals surface area contributed by atoms with Gasteiger partial charge >= 0.3 is 11.8 Å². The molecule has 112 valence electrons. The minimum Gasteiger partial charge on any atom is -0.508 e. The van der Waals surface area contributed by atoms with Gasteiger partial charge in [-0.1, -0.05) is 12.1 Å². The number of hydrogen-bond donors (Lipinski definition) is 3. The van der Waals surface area contributed by atoms with Gasteiger partial charge in [-0.05, 0) is 22.4 Å². The third kappa shape index (κ3) is 2.69. The van der Waals surface area contributed by atoms with Gasteiger partial charge in [-0.25, -0.2) is 4.57 Å². The van der Waals surface area contributed by atoms with Crippen LogP contribution in [0.5, 0.6) is 5.75 Å². The maximum atomic E-state index is 11.2. The smallest absolute Gasteiger partial charge is 0.304 e. The standard InChI is InChI=1S/C15H18N2O4/c1-9-10(2)17(21)15(16(9)3)13(8-14(19)20)11-5-4-6-12(18)7-11/h4-7,13H,8H2,1-3H3,(H2-,18,19,20,21)/p+1.